The molecule has 2 amide bonds. The van der Waals surface area contributed by atoms with Crippen molar-refractivity contribution in [2.75, 3.05) is 5.32 Å². The number of fused-ring (bicyclic) bond motifs is 1. The summed E-state index contributed by atoms with van der Waals surface area (Å²) in [6.45, 7) is 3.69. The molecule has 0 unspecified atom stereocenters. The van der Waals surface area contributed by atoms with Crippen LogP contribution in [-0.4, -0.2) is 19.7 Å². The third-order valence-corrected chi connectivity index (χ3v) is 6.41. The molecule has 0 aliphatic heterocycles. The lowest BCUT2D eigenvalue weighted by molar-refractivity contribution is 0.251. The number of amides is 2. The molecule has 0 spiro atoms. The smallest absolute Gasteiger partial charge is 0.319 e. The first-order chi connectivity index (χ1) is 12.8. The Bertz CT molecular complexity index is 1050. The highest BCUT2D eigenvalue weighted by molar-refractivity contribution is 7.91. The van der Waals surface area contributed by atoms with Crippen molar-refractivity contribution in [1.29, 1.82) is 0 Å². The zero-order valence-corrected chi connectivity index (χ0v) is 16.0. The number of nitrogens with one attached hydrogen (secondary N) is 2. The van der Waals surface area contributed by atoms with E-state index in [2.05, 4.69) is 10.6 Å². The van der Waals surface area contributed by atoms with Gasteiger partial charge in [0.25, 0.3) is 0 Å². The maximum Gasteiger partial charge on any atom is 0.319 e. The number of urea groups is 1. The first-order valence-electron chi connectivity index (χ1n) is 8.65. The van der Waals surface area contributed by atoms with Crippen LogP contribution in [0.15, 0.2) is 59.2 Å². The third-order valence-electron chi connectivity index (χ3n) is 4.24. The molecular weight excluding hydrogens is 364 g/mol. The third kappa shape index (κ3) is 4.89. The monoisotopic (exact) mass is 386 g/mol. The molecule has 0 atom stereocenters. The fourth-order valence-electron chi connectivity index (χ4n) is 2.62. The van der Waals surface area contributed by atoms with E-state index in [-0.39, 0.29) is 11.8 Å². The van der Waals surface area contributed by atoms with Crippen molar-refractivity contribution in [3.63, 3.8) is 0 Å². The van der Waals surface area contributed by atoms with Gasteiger partial charge in [-0.25, -0.2) is 13.2 Å². The van der Waals surface area contributed by atoms with Crippen LogP contribution in [0.2, 0.25) is 0 Å². The van der Waals surface area contributed by atoms with Crippen LogP contribution in [0.5, 0.6) is 0 Å². The van der Waals surface area contributed by atoms with Gasteiger partial charge in [-0.05, 0) is 55.3 Å². The molecule has 0 radical (unpaired) electrons. The standard InChI is InChI=1S/C20H22N2O4S/c1-14(2)27(24,25)13-16-4-3-5-18(11-16)22-20(23)21-12-15-6-7-19-17(10-15)8-9-26-19/h3-11,14H,12-13H2,1-2H3,(H2,21,22,23). The van der Waals surface area contributed by atoms with Gasteiger partial charge in [0.2, 0.25) is 0 Å². The Morgan fingerprint density at radius 2 is 1.89 bits per heavy atom. The Balaban J connectivity index is 1.59. The van der Waals surface area contributed by atoms with E-state index < -0.39 is 15.1 Å². The normalized spacial score (nSPS) is 11.7. The molecule has 0 aliphatic rings. The van der Waals surface area contributed by atoms with Gasteiger partial charge in [0, 0.05) is 17.6 Å². The highest BCUT2D eigenvalue weighted by Crippen LogP contribution is 2.17. The van der Waals surface area contributed by atoms with E-state index in [9.17, 15) is 13.2 Å². The average Bonchev–Trinajstić information content (AvgIpc) is 3.07. The molecule has 3 aromatic rings. The number of hydrogen-bond donors (Lipinski definition) is 2. The van der Waals surface area contributed by atoms with E-state index >= 15 is 0 Å². The molecule has 0 aliphatic carbocycles. The first kappa shape index (κ1) is 19.0. The zero-order valence-electron chi connectivity index (χ0n) is 15.2. The first-order valence-corrected chi connectivity index (χ1v) is 10.4. The highest BCUT2D eigenvalue weighted by atomic mass is 32.2. The van der Waals surface area contributed by atoms with Crippen molar-refractivity contribution in [3.8, 4) is 0 Å². The van der Waals surface area contributed by atoms with E-state index in [1.807, 2.05) is 24.3 Å². The van der Waals surface area contributed by atoms with Gasteiger partial charge in [-0.2, -0.15) is 0 Å². The van der Waals surface area contributed by atoms with Crippen molar-refractivity contribution in [3.05, 3.63) is 65.9 Å². The predicted octanol–water partition coefficient (Wildman–Crippen LogP) is 4.08. The van der Waals surface area contributed by atoms with E-state index in [4.69, 9.17) is 4.42 Å². The number of carbonyl (C=O) groups excluding carboxylic acids is 1. The predicted molar refractivity (Wildman–Crippen MR) is 106 cm³/mol. The minimum Gasteiger partial charge on any atom is -0.464 e. The van der Waals surface area contributed by atoms with Gasteiger partial charge in [0.15, 0.2) is 9.84 Å². The van der Waals surface area contributed by atoms with Crippen LogP contribution in [0.3, 0.4) is 0 Å². The van der Waals surface area contributed by atoms with Crippen molar-refractivity contribution in [2.24, 2.45) is 0 Å². The molecule has 0 saturated heterocycles. The summed E-state index contributed by atoms with van der Waals surface area (Å²) >= 11 is 0. The summed E-state index contributed by atoms with van der Waals surface area (Å²) in [4.78, 5) is 12.1. The number of hydrogen-bond acceptors (Lipinski definition) is 4. The molecule has 1 heterocycles. The summed E-state index contributed by atoms with van der Waals surface area (Å²) in [5.74, 6) is -0.0491. The molecule has 0 saturated carbocycles. The summed E-state index contributed by atoms with van der Waals surface area (Å²) in [5, 5.41) is 6.07. The van der Waals surface area contributed by atoms with Crippen LogP contribution in [-0.2, 0) is 22.1 Å². The van der Waals surface area contributed by atoms with Crippen LogP contribution in [0.25, 0.3) is 11.0 Å². The van der Waals surface area contributed by atoms with Gasteiger partial charge < -0.3 is 15.1 Å². The molecule has 0 fully saturated rings. The van der Waals surface area contributed by atoms with Gasteiger partial charge in [-0.3, -0.25) is 0 Å². The molecule has 3 rings (SSSR count). The van der Waals surface area contributed by atoms with Gasteiger partial charge in [0.1, 0.15) is 5.58 Å². The SMILES string of the molecule is CC(C)S(=O)(=O)Cc1cccc(NC(=O)NCc2ccc3occc3c2)c1. The molecule has 7 heteroatoms. The minimum absolute atomic E-state index is 0.0491. The largest absolute Gasteiger partial charge is 0.464 e. The molecule has 0 bridgehead atoms. The van der Waals surface area contributed by atoms with Crippen LogP contribution in [0.4, 0.5) is 10.5 Å². The van der Waals surface area contributed by atoms with Gasteiger partial charge in [-0.15, -0.1) is 0 Å². The zero-order chi connectivity index (χ0) is 19.4. The lowest BCUT2D eigenvalue weighted by Gasteiger charge is -2.11. The number of benzene rings is 2. The second-order valence-corrected chi connectivity index (χ2v) is 9.21. The van der Waals surface area contributed by atoms with Crippen molar-refractivity contribution in [2.45, 2.75) is 31.4 Å². The summed E-state index contributed by atoms with van der Waals surface area (Å²) in [6.07, 6.45) is 1.63. The fraction of sp³-hybridized carbons (Fsp3) is 0.250. The van der Waals surface area contributed by atoms with Crippen molar-refractivity contribution >= 4 is 32.5 Å². The lowest BCUT2D eigenvalue weighted by Crippen LogP contribution is -2.28. The molecule has 1 aromatic heterocycles. The Labute approximate surface area is 158 Å². The van der Waals surface area contributed by atoms with E-state index in [1.165, 1.54) is 0 Å². The summed E-state index contributed by atoms with van der Waals surface area (Å²) in [7, 11) is -3.19. The maximum atomic E-state index is 12.1. The molecule has 27 heavy (non-hydrogen) atoms. The number of carbonyl (C=O) groups is 1. The number of rotatable bonds is 6. The summed E-state index contributed by atoms with van der Waals surface area (Å²) in [6, 6.07) is 14.1. The fourth-order valence-corrected chi connectivity index (χ4v) is 3.60. The van der Waals surface area contributed by atoms with Gasteiger partial charge >= 0.3 is 6.03 Å². The van der Waals surface area contributed by atoms with Crippen molar-refractivity contribution < 1.29 is 17.6 Å². The highest BCUT2D eigenvalue weighted by Gasteiger charge is 2.17. The Hall–Kier alpha value is -2.80. The van der Waals surface area contributed by atoms with E-state index in [0.717, 1.165) is 16.5 Å². The van der Waals surface area contributed by atoms with Gasteiger partial charge in [0.05, 0.1) is 17.3 Å². The second-order valence-electron chi connectivity index (χ2n) is 6.66. The Morgan fingerprint density at radius 3 is 2.67 bits per heavy atom. The molecule has 2 N–H and O–H groups in total. The summed E-state index contributed by atoms with van der Waals surface area (Å²) in [5.41, 5.74) is 2.95. The Kier molecular flexibility index (Phi) is 5.51. The van der Waals surface area contributed by atoms with Crippen LogP contribution in [0.1, 0.15) is 25.0 Å². The topological polar surface area (TPSA) is 88.4 Å². The van der Waals surface area contributed by atoms with Gasteiger partial charge in [-0.1, -0.05) is 18.2 Å². The minimum atomic E-state index is -3.19. The summed E-state index contributed by atoms with van der Waals surface area (Å²) < 4.78 is 29.4. The van der Waals surface area contributed by atoms with Crippen LogP contribution in [0, 0.1) is 0 Å². The molecule has 2 aromatic carbocycles. The second kappa shape index (κ2) is 7.84. The quantitative estimate of drug-likeness (QED) is 0.668. The average molecular weight is 386 g/mol. The lowest BCUT2D eigenvalue weighted by atomic mass is 10.1. The molecule has 142 valence electrons. The maximum absolute atomic E-state index is 12.1. The van der Waals surface area contributed by atoms with E-state index in [1.54, 1.807) is 44.4 Å². The van der Waals surface area contributed by atoms with E-state index in [0.29, 0.717) is 17.8 Å². The number of anilines is 1. The van der Waals surface area contributed by atoms with Crippen molar-refractivity contribution in [1.82, 2.24) is 5.32 Å². The molecular formula is C20H22N2O4S. The molecule has 6 nitrogen and oxygen atoms in total. The van der Waals surface area contributed by atoms with Crippen LogP contribution < -0.4 is 10.6 Å². The number of sulfone groups is 1. The number of furan rings is 1. The Morgan fingerprint density at radius 1 is 1.07 bits per heavy atom. The van der Waals surface area contributed by atoms with Crippen LogP contribution >= 0.6 is 0 Å².